The lowest BCUT2D eigenvalue weighted by atomic mass is 9.82. The maximum Gasteiger partial charge on any atom is 0.148 e. The van der Waals surface area contributed by atoms with Crippen molar-refractivity contribution in [2.24, 2.45) is 5.92 Å². The molecular formula is C13H27NO3S. The molecule has 1 saturated heterocycles. The van der Waals surface area contributed by atoms with Gasteiger partial charge >= 0.3 is 0 Å². The van der Waals surface area contributed by atoms with E-state index in [1.165, 1.54) is 6.26 Å². The smallest absolute Gasteiger partial charge is 0.148 e. The molecule has 4 nitrogen and oxygen atoms in total. The van der Waals surface area contributed by atoms with Crippen molar-refractivity contribution in [3.05, 3.63) is 0 Å². The van der Waals surface area contributed by atoms with E-state index in [0.717, 1.165) is 13.0 Å². The van der Waals surface area contributed by atoms with Gasteiger partial charge < -0.3 is 10.1 Å². The molecule has 0 amide bonds. The highest BCUT2D eigenvalue weighted by Crippen LogP contribution is 2.43. The van der Waals surface area contributed by atoms with Gasteiger partial charge in [0.1, 0.15) is 9.84 Å². The van der Waals surface area contributed by atoms with Crippen LogP contribution >= 0.6 is 0 Å². The summed E-state index contributed by atoms with van der Waals surface area (Å²) in [5.74, 6) is 0.385. The van der Waals surface area contributed by atoms with Gasteiger partial charge in [0.15, 0.2) is 0 Å². The molecule has 1 fully saturated rings. The molecule has 1 rings (SSSR count). The molecule has 0 spiro atoms. The Morgan fingerprint density at radius 2 is 1.89 bits per heavy atom. The molecule has 1 N–H and O–H groups in total. The largest absolute Gasteiger partial charge is 0.369 e. The molecule has 0 saturated carbocycles. The van der Waals surface area contributed by atoms with Crippen molar-refractivity contribution >= 4 is 9.84 Å². The molecule has 1 heterocycles. The third kappa shape index (κ3) is 4.21. The summed E-state index contributed by atoms with van der Waals surface area (Å²) in [4.78, 5) is 0. The quantitative estimate of drug-likeness (QED) is 0.829. The van der Waals surface area contributed by atoms with Crippen molar-refractivity contribution in [2.45, 2.75) is 58.3 Å². The molecule has 0 aromatic heterocycles. The lowest BCUT2D eigenvalue weighted by Gasteiger charge is -2.33. The zero-order valence-electron chi connectivity index (χ0n) is 12.4. The normalized spacial score (nSPS) is 28.2. The van der Waals surface area contributed by atoms with Crippen LogP contribution in [0.4, 0.5) is 0 Å². The Morgan fingerprint density at radius 3 is 2.22 bits per heavy atom. The van der Waals surface area contributed by atoms with Gasteiger partial charge in [-0.3, -0.25) is 0 Å². The second-order valence-corrected chi connectivity index (χ2v) is 8.72. The van der Waals surface area contributed by atoms with Crippen LogP contribution in [0.15, 0.2) is 0 Å². The van der Waals surface area contributed by atoms with E-state index in [1.54, 1.807) is 0 Å². The van der Waals surface area contributed by atoms with Crippen LogP contribution in [0.1, 0.15) is 41.0 Å². The first-order valence-corrected chi connectivity index (χ1v) is 8.64. The topological polar surface area (TPSA) is 55.4 Å². The maximum atomic E-state index is 11.6. The maximum absolute atomic E-state index is 11.6. The van der Waals surface area contributed by atoms with Crippen molar-refractivity contribution in [3.63, 3.8) is 0 Å². The first-order chi connectivity index (χ1) is 7.97. The molecule has 0 radical (unpaired) electrons. The monoisotopic (exact) mass is 277 g/mol. The molecule has 1 aliphatic rings. The Hall–Kier alpha value is -0.130. The van der Waals surface area contributed by atoms with Crippen molar-refractivity contribution in [2.75, 3.05) is 18.6 Å². The summed E-state index contributed by atoms with van der Waals surface area (Å²) in [5, 5.41) is 3.32. The summed E-state index contributed by atoms with van der Waals surface area (Å²) < 4.78 is 29.2. The van der Waals surface area contributed by atoms with E-state index in [0.29, 0.717) is 0 Å². The molecule has 0 bridgehead atoms. The van der Waals surface area contributed by atoms with Crippen LogP contribution in [0.25, 0.3) is 0 Å². The number of hydrogen-bond donors (Lipinski definition) is 1. The van der Waals surface area contributed by atoms with Crippen LogP contribution in [0.2, 0.25) is 0 Å². The zero-order valence-corrected chi connectivity index (χ0v) is 13.2. The van der Waals surface area contributed by atoms with E-state index >= 15 is 0 Å². The fourth-order valence-electron chi connectivity index (χ4n) is 3.14. The Bertz CT molecular complexity index is 387. The van der Waals surface area contributed by atoms with Gasteiger partial charge in [-0.1, -0.05) is 6.92 Å². The Labute approximate surface area is 111 Å². The summed E-state index contributed by atoms with van der Waals surface area (Å²) in [7, 11) is -2.99. The van der Waals surface area contributed by atoms with Crippen LogP contribution in [0.5, 0.6) is 0 Å². The van der Waals surface area contributed by atoms with Gasteiger partial charge in [0.25, 0.3) is 0 Å². The van der Waals surface area contributed by atoms with Gasteiger partial charge in [0.2, 0.25) is 0 Å². The Balaban J connectivity index is 2.92. The number of ether oxygens (including phenoxy) is 1. The molecular weight excluding hydrogens is 250 g/mol. The van der Waals surface area contributed by atoms with Crippen LogP contribution in [0, 0.1) is 5.92 Å². The van der Waals surface area contributed by atoms with Gasteiger partial charge in [-0.15, -0.1) is 0 Å². The highest BCUT2D eigenvalue weighted by atomic mass is 32.2. The minimum absolute atomic E-state index is 0.0400. The molecule has 108 valence electrons. The van der Waals surface area contributed by atoms with Crippen molar-refractivity contribution in [1.82, 2.24) is 5.32 Å². The zero-order chi connectivity index (χ0) is 14.2. The van der Waals surface area contributed by atoms with Gasteiger partial charge in [0, 0.05) is 18.2 Å². The molecule has 2 unspecified atom stereocenters. The van der Waals surface area contributed by atoms with E-state index in [-0.39, 0.29) is 28.9 Å². The molecule has 5 heteroatoms. The van der Waals surface area contributed by atoms with Gasteiger partial charge in [-0.05, 0) is 40.7 Å². The second-order valence-electron chi connectivity index (χ2n) is 6.53. The molecule has 1 aliphatic heterocycles. The lowest BCUT2D eigenvalue weighted by molar-refractivity contribution is -0.0769. The number of hydrogen-bond acceptors (Lipinski definition) is 4. The summed E-state index contributed by atoms with van der Waals surface area (Å²) >= 11 is 0. The summed E-state index contributed by atoms with van der Waals surface area (Å²) in [6, 6.07) is -0.0400. The average molecular weight is 277 g/mol. The van der Waals surface area contributed by atoms with Crippen LogP contribution in [-0.2, 0) is 14.6 Å². The molecule has 0 aromatic carbocycles. The predicted molar refractivity (Wildman–Crippen MR) is 74.5 cm³/mol. The molecule has 18 heavy (non-hydrogen) atoms. The number of nitrogens with one attached hydrogen (secondary N) is 1. The highest BCUT2D eigenvalue weighted by molar-refractivity contribution is 7.90. The van der Waals surface area contributed by atoms with E-state index in [2.05, 4.69) is 33.0 Å². The molecule has 0 aromatic rings. The van der Waals surface area contributed by atoms with Crippen molar-refractivity contribution < 1.29 is 13.2 Å². The van der Waals surface area contributed by atoms with Crippen LogP contribution in [0.3, 0.4) is 0 Å². The fraction of sp³-hybridized carbons (Fsp3) is 1.00. The summed E-state index contributed by atoms with van der Waals surface area (Å²) in [6.45, 7) is 11.0. The fourth-order valence-corrected chi connectivity index (χ4v) is 4.14. The van der Waals surface area contributed by atoms with Crippen molar-refractivity contribution in [1.29, 1.82) is 0 Å². The summed E-state index contributed by atoms with van der Waals surface area (Å²) in [6.07, 6.45) is 2.18. The third-order valence-corrected chi connectivity index (χ3v) is 4.54. The van der Waals surface area contributed by atoms with Crippen LogP contribution in [-0.4, -0.2) is 44.2 Å². The van der Waals surface area contributed by atoms with Crippen molar-refractivity contribution in [3.8, 4) is 0 Å². The lowest BCUT2D eigenvalue weighted by Crippen LogP contribution is -2.47. The second kappa shape index (κ2) is 5.10. The predicted octanol–water partition coefficient (Wildman–Crippen LogP) is 1.60. The minimum Gasteiger partial charge on any atom is -0.369 e. The summed E-state index contributed by atoms with van der Waals surface area (Å²) in [5.41, 5.74) is -0.472. The van der Waals surface area contributed by atoms with Crippen LogP contribution < -0.4 is 5.32 Å². The average Bonchev–Trinajstić information content (AvgIpc) is 2.31. The third-order valence-electron chi connectivity index (χ3n) is 3.58. The van der Waals surface area contributed by atoms with E-state index < -0.39 is 9.84 Å². The highest BCUT2D eigenvalue weighted by Gasteiger charge is 2.49. The van der Waals surface area contributed by atoms with E-state index in [9.17, 15) is 8.42 Å². The van der Waals surface area contributed by atoms with Gasteiger partial charge in [-0.25, -0.2) is 8.42 Å². The first kappa shape index (κ1) is 15.9. The molecule has 2 atom stereocenters. The standard InChI is InChI=1S/C13H27NO3S/c1-7-14-11(9-18(6,15)16)10-8-12(2,3)17-13(10,4)5/h10-11,14H,7-9H2,1-6H3. The Kier molecular flexibility index (Phi) is 4.51. The minimum atomic E-state index is -2.99. The van der Waals surface area contributed by atoms with Gasteiger partial charge in [0.05, 0.1) is 17.0 Å². The molecule has 0 aliphatic carbocycles. The SMILES string of the molecule is CCNC(CS(C)(=O)=O)C1CC(C)(C)OC1(C)C. The van der Waals surface area contributed by atoms with Gasteiger partial charge in [-0.2, -0.15) is 0 Å². The number of rotatable bonds is 5. The van der Waals surface area contributed by atoms with E-state index in [4.69, 9.17) is 4.74 Å². The number of sulfone groups is 1. The first-order valence-electron chi connectivity index (χ1n) is 6.58. The Morgan fingerprint density at radius 1 is 1.33 bits per heavy atom. The van der Waals surface area contributed by atoms with E-state index in [1.807, 2.05) is 6.92 Å².